The van der Waals surface area contributed by atoms with E-state index in [1.54, 1.807) is 24.4 Å². The van der Waals surface area contributed by atoms with Crippen LogP contribution in [-0.4, -0.2) is 9.97 Å². The number of halogens is 1. The molecule has 1 aromatic carbocycles. The normalized spacial score (nSPS) is 10.2. The van der Waals surface area contributed by atoms with Crippen molar-refractivity contribution in [1.29, 1.82) is 0 Å². The van der Waals surface area contributed by atoms with Gasteiger partial charge in [-0.3, -0.25) is 0 Å². The van der Waals surface area contributed by atoms with Gasteiger partial charge in [-0.15, -0.1) is 0 Å². The van der Waals surface area contributed by atoms with Gasteiger partial charge in [0.2, 0.25) is 5.28 Å². The van der Waals surface area contributed by atoms with E-state index >= 15 is 0 Å². The van der Waals surface area contributed by atoms with E-state index in [4.69, 9.17) is 23.1 Å². The van der Waals surface area contributed by atoms with E-state index in [-0.39, 0.29) is 5.28 Å². The molecule has 4 nitrogen and oxygen atoms in total. The number of nitrogen functional groups attached to an aromatic ring is 2. The number of hydrogen-bond donors (Lipinski definition) is 2. The SMILES string of the molecule is Nc1ccc(-c2ccnc(Cl)n2)cc1N. The van der Waals surface area contributed by atoms with Crippen LogP contribution in [0.25, 0.3) is 11.3 Å². The minimum Gasteiger partial charge on any atom is -0.397 e. The Morgan fingerprint density at radius 3 is 2.53 bits per heavy atom. The number of anilines is 2. The lowest BCUT2D eigenvalue weighted by Gasteiger charge is -2.04. The van der Waals surface area contributed by atoms with Gasteiger partial charge >= 0.3 is 0 Å². The molecule has 2 aromatic rings. The molecule has 0 saturated carbocycles. The topological polar surface area (TPSA) is 77.8 Å². The molecule has 0 bridgehead atoms. The summed E-state index contributed by atoms with van der Waals surface area (Å²) >= 11 is 5.69. The van der Waals surface area contributed by atoms with Gasteiger partial charge in [-0.2, -0.15) is 0 Å². The van der Waals surface area contributed by atoms with Crippen LogP contribution in [0.1, 0.15) is 0 Å². The highest BCUT2D eigenvalue weighted by Gasteiger charge is 2.02. The molecule has 0 aliphatic carbocycles. The van der Waals surface area contributed by atoms with Gasteiger partial charge < -0.3 is 11.5 Å². The number of nitrogens with zero attached hydrogens (tertiary/aromatic N) is 2. The second kappa shape index (κ2) is 3.74. The Bertz CT molecular complexity index is 499. The van der Waals surface area contributed by atoms with Gasteiger partial charge in [0.1, 0.15) is 0 Å². The van der Waals surface area contributed by atoms with Gasteiger partial charge in [0, 0.05) is 11.8 Å². The lowest BCUT2D eigenvalue weighted by Crippen LogP contribution is -1.95. The summed E-state index contributed by atoms with van der Waals surface area (Å²) in [4.78, 5) is 7.88. The Morgan fingerprint density at radius 2 is 1.87 bits per heavy atom. The Balaban J connectivity index is 2.50. The predicted molar refractivity (Wildman–Crippen MR) is 61.3 cm³/mol. The third-order valence-corrected chi connectivity index (χ3v) is 2.19. The summed E-state index contributed by atoms with van der Waals surface area (Å²) in [6, 6.07) is 7.09. The zero-order chi connectivity index (χ0) is 10.8. The predicted octanol–water partition coefficient (Wildman–Crippen LogP) is 1.96. The molecule has 0 radical (unpaired) electrons. The summed E-state index contributed by atoms with van der Waals surface area (Å²) in [6.07, 6.45) is 1.59. The van der Waals surface area contributed by atoms with Gasteiger partial charge in [-0.25, -0.2) is 9.97 Å². The van der Waals surface area contributed by atoms with Crippen molar-refractivity contribution in [1.82, 2.24) is 9.97 Å². The van der Waals surface area contributed by atoms with Crippen LogP contribution in [0.4, 0.5) is 11.4 Å². The van der Waals surface area contributed by atoms with E-state index in [9.17, 15) is 0 Å². The van der Waals surface area contributed by atoms with Crippen LogP contribution >= 0.6 is 11.6 Å². The molecule has 0 fully saturated rings. The molecular weight excluding hydrogens is 212 g/mol. The van der Waals surface area contributed by atoms with Crippen LogP contribution in [0, 0.1) is 0 Å². The molecule has 4 N–H and O–H groups in total. The van der Waals surface area contributed by atoms with Crippen LogP contribution in [0.3, 0.4) is 0 Å². The zero-order valence-corrected chi connectivity index (χ0v) is 8.57. The highest BCUT2D eigenvalue weighted by atomic mass is 35.5. The standard InChI is InChI=1S/C10H9ClN4/c11-10-14-4-3-9(15-10)6-1-2-7(12)8(13)5-6/h1-5H,12-13H2. The first-order valence-corrected chi connectivity index (χ1v) is 4.68. The molecule has 5 heteroatoms. The van der Waals surface area contributed by atoms with E-state index in [1.165, 1.54) is 0 Å². The van der Waals surface area contributed by atoms with Crippen LogP contribution in [0.5, 0.6) is 0 Å². The molecule has 2 rings (SSSR count). The van der Waals surface area contributed by atoms with Crippen molar-refractivity contribution in [2.24, 2.45) is 0 Å². The van der Waals surface area contributed by atoms with Gasteiger partial charge in [-0.05, 0) is 29.8 Å². The molecule has 76 valence electrons. The van der Waals surface area contributed by atoms with Crippen molar-refractivity contribution in [2.45, 2.75) is 0 Å². The van der Waals surface area contributed by atoms with Crippen molar-refractivity contribution in [2.75, 3.05) is 11.5 Å². The van der Waals surface area contributed by atoms with E-state index in [1.807, 2.05) is 6.07 Å². The third kappa shape index (κ3) is 1.99. The molecule has 0 aliphatic rings. The Kier molecular flexibility index (Phi) is 2.43. The second-order valence-electron chi connectivity index (χ2n) is 3.05. The molecule has 15 heavy (non-hydrogen) atoms. The molecule has 0 aliphatic heterocycles. The summed E-state index contributed by atoms with van der Waals surface area (Å²) in [5.74, 6) is 0. The van der Waals surface area contributed by atoms with Crippen molar-refractivity contribution in [3.8, 4) is 11.3 Å². The van der Waals surface area contributed by atoms with E-state index < -0.39 is 0 Å². The van der Waals surface area contributed by atoms with Crippen LogP contribution in [0.2, 0.25) is 5.28 Å². The van der Waals surface area contributed by atoms with Crippen LogP contribution < -0.4 is 11.5 Å². The number of hydrogen-bond acceptors (Lipinski definition) is 4. The molecule has 1 aromatic heterocycles. The number of benzene rings is 1. The molecule has 0 spiro atoms. The summed E-state index contributed by atoms with van der Waals surface area (Å²) in [7, 11) is 0. The fraction of sp³-hybridized carbons (Fsp3) is 0. The van der Waals surface area contributed by atoms with E-state index in [0.717, 1.165) is 11.3 Å². The van der Waals surface area contributed by atoms with Gasteiger partial charge in [0.15, 0.2) is 0 Å². The monoisotopic (exact) mass is 220 g/mol. The minimum absolute atomic E-state index is 0.211. The largest absolute Gasteiger partial charge is 0.397 e. The Hall–Kier alpha value is -1.81. The molecule has 0 atom stereocenters. The summed E-state index contributed by atoms with van der Waals surface area (Å²) in [6.45, 7) is 0. The third-order valence-electron chi connectivity index (χ3n) is 2.01. The van der Waals surface area contributed by atoms with Crippen molar-refractivity contribution in [3.05, 3.63) is 35.7 Å². The van der Waals surface area contributed by atoms with Gasteiger partial charge in [-0.1, -0.05) is 6.07 Å². The van der Waals surface area contributed by atoms with Crippen molar-refractivity contribution in [3.63, 3.8) is 0 Å². The molecule has 0 amide bonds. The maximum Gasteiger partial charge on any atom is 0.222 e. The van der Waals surface area contributed by atoms with Gasteiger partial charge in [0.25, 0.3) is 0 Å². The Labute approximate surface area is 91.9 Å². The zero-order valence-electron chi connectivity index (χ0n) is 7.81. The molecule has 0 unspecified atom stereocenters. The summed E-state index contributed by atoms with van der Waals surface area (Å²) in [5.41, 5.74) is 14.0. The molecule has 0 saturated heterocycles. The maximum atomic E-state index is 5.69. The first kappa shape index (κ1) is 9.73. The average Bonchev–Trinajstić information content (AvgIpc) is 2.22. The lowest BCUT2D eigenvalue weighted by molar-refractivity contribution is 1.17. The lowest BCUT2D eigenvalue weighted by atomic mass is 10.1. The highest BCUT2D eigenvalue weighted by molar-refractivity contribution is 6.28. The average molecular weight is 221 g/mol. The van der Waals surface area contributed by atoms with E-state index in [2.05, 4.69) is 9.97 Å². The molecular formula is C10H9ClN4. The Morgan fingerprint density at radius 1 is 1.07 bits per heavy atom. The van der Waals surface area contributed by atoms with Crippen LogP contribution in [-0.2, 0) is 0 Å². The second-order valence-corrected chi connectivity index (χ2v) is 3.39. The van der Waals surface area contributed by atoms with Crippen LogP contribution in [0.15, 0.2) is 30.5 Å². The quantitative estimate of drug-likeness (QED) is 0.569. The first-order valence-electron chi connectivity index (χ1n) is 4.31. The summed E-state index contributed by atoms with van der Waals surface area (Å²) < 4.78 is 0. The number of aromatic nitrogens is 2. The van der Waals surface area contributed by atoms with E-state index in [0.29, 0.717) is 11.4 Å². The number of rotatable bonds is 1. The summed E-state index contributed by atoms with van der Waals surface area (Å²) in [5, 5.41) is 0.211. The maximum absolute atomic E-state index is 5.69. The highest BCUT2D eigenvalue weighted by Crippen LogP contribution is 2.23. The number of nitrogens with two attached hydrogens (primary N) is 2. The fourth-order valence-electron chi connectivity index (χ4n) is 1.23. The fourth-order valence-corrected chi connectivity index (χ4v) is 1.38. The minimum atomic E-state index is 0.211. The van der Waals surface area contributed by atoms with Crippen molar-refractivity contribution < 1.29 is 0 Å². The smallest absolute Gasteiger partial charge is 0.222 e. The molecule has 1 heterocycles. The van der Waals surface area contributed by atoms with Crippen molar-refractivity contribution >= 4 is 23.0 Å². The van der Waals surface area contributed by atoms with Gasteiger partial charge in [0.05, 0.1) is 17.1 Å². The first-order chi connectivity index (χ1) is 7.16.